The third-order valence-electron chi connectivity index (χ3n) is 3.20. The van der Waals surface area contributed by atoms with Gasteiger partial charge in [0.05, 0.1) is 5.56 Å². The highest BCUT2D eigenvalue weighted by molar-refractivity contribution is 5.49. The molecule has 4 N–H and O–H groups in total. The van der Waals surface area contributed by atoms with Gasteiger partial charge in [0.2, 0.25) is 0 Å². The van der Waals surface area contributed by atoms with Crippen LogP contribution in [-0.2, 0) is 11.7 Å². The number of nitrogens with two attached hydrogens (primary N) is 1. The van der Waals surface area contributed by atoms with Gasteiger partial charge < -0.3 is 15.9 Å². The van der Waals surface area contributed by atoms with E-state index in [1.807, 2.05) is 0 Å². The summed E-state index contributed by atoms with van der Waals surface area (Å²) in [4.78, 5) is 0. The SMILES string of the molecule is NC1(c2cc(O)c(O)cc2C(F)(F)F)CCC1. The van der Waals surface area contributed by atoms with E-state index in [9.17, 15) is 18.3 Å². The average molecular weight is 247 g/mol. The molecule has 1 fully saturated rings. The second-order valence-electron chi connectivity index (χ2n) is 4.39. The summed E-state index contributed by atoms with van der Waals surface area (Å²) in [7, 11) is 0. The normalized spacial score (nSPS) is 18.8. The molecule has 0 amide bonds. The zero-order chi connectivity index (χ0) is 12.8. The predicted octanol–water partition coefficient (Wildman–Crippen LogP) is 2.45. The van der Waals surface area contributed by atoms with Crippen molar-refractivity contribution in [3.8, 4) is 11.5 Å². The smallest absolute Gasteiger partial charge is 0.416 e. The maximum absolute atomic E-state index is 12.8. The van der Waals surface area contributed by atoms with Crippen LogP contribution in [0.25, 0.3) is 0 Å². The molecule has 1 aliphatic carbocycles. The van der Waals surface area contributed by atoms with Gasteiger partial charge in [-0.3, -0.25) is 0 Å². The summed E-state index contributed by atoms with van der Waals surface area (Å²) in [5, 5.41) is 18.5. The van der Waals surface area contributed by atoms with E-state index >= 15 is 0 Å². The van der Waals surface area contributed by atoms with Gasteiger partial charge in [0.25, 0.3) is 0 Å². The van der Waals surface area contributed by atoms with Crippen molar-refractivity contribution < 1.29 is 23.4 Å². The molecule has 0 unspecified atom stereocenters. The molecule has 3 nitrogen and oxygen atoms in total. The Morgan fingerprint density at radius 1 is 1.12 bits per heavy atom. The van der Waals surface area contributed by atoms with E-state index in [1.54, 1.807) is 0 Å². The van der Waals surface area contributed by atoms with Crippen LogP contribution in [0.3, 0.4) is 0 Å². The minimum Gasteiger partial charge on any atom is -0.504 e. The Kier molecular flexibility index (Phi) is 2.50. The predicted molar refractivity (Wildman–Crippen MR) is 54.5 cm³/mol. The third kappa shape index (κ3) is 1.93. The quantitative estimate of drug-likeness (QED) is 0.668. The Hall–Kier alpha value is -1.43. The van der Waals surface area contributed by atoms with Crippen LogP contribution in [0, 0.1) is 0 Å². The van der Waals surface area contributed by atoms with Crippen molar-refractivity contribution in [1.29, 1.82) is 0 Å². The molecule has 6 heteroatoms. The number of benzene rings is 1. The van der Waals surface area contributed by atoms with E-state index in [1.165, 1.54) is 0 Å². The van der Waals surface area contributed by atoms with E-state index in [2.05, 4.69) is 0 Å². The first kappa shape index (κ1) is 12.0. The van der Waals surface area contributed by atoms with E-state index < -0.39 is 28.8 Å². The molecule has 0 aliphatic heterocycles. The van der Waals surface area contributed by atoms with Crippen molar-refractivity contribution in [2.24, 2.45) is 5.73 Å². The standard InChI is InChI=1S/C11H12F3NO2/c12-11(13,14)7-5-9(17)8(16)4-6(7)10(15)2-1-3-10/h4-5,16-17H,1-3,15H2. The fourth-order valence-electron chi connectivity index (χ4n) is 2.05. The summed E-state index contributed by atoms with van der Waals surface area (Å²) in [5.41, 5.74) is 3.68. The van der Waals surface area contributed by atoms with Crippen LogP contribution in [0.15, 0.2) is 12.1 Å². The molecule has 1 aromatic carbocycles. The van der Waals surface area contributed by atoms with Crippen LogP contribution < -0.4 is 5.73 Å². The van der Waals surface area contributed by atoms with Gasteiger partial charge in [-0.1, -0.05) is 0 Å². The molecule has 0 heterocycles. The summed E-state index contributed by atoms with van der Waals surface area (Å²) >= 11 is 0. The van der Waals surface area contributed by atoms with Crippen LogP contribution in [0.2, 0.25) is 0 Å². The van der Waals surface area contributed by atoms with Crippen molar-refractivity contribution in [3.63, 3.8) is 0 Å². The molecule has 0 bridgehead atoms. The van der Waals surface area contributed by atoms with Crippen LogP contribution in [0.4, 0.5) is 13.2 Å². The second-order valence-corrected chi connectivity index (χ2v) is 4.39. The van der Waals surface area contributed by atoms with Crippen LogP contribution in [0.5, 0.6) is 11.5 Å². The molecular formula is C11H12F3NO2. The summed E-state index contributed by atoms with van der Waals surface area (Å²) in [6.07, 6.45) is -2.95. The first-order chi connectivity index (χ1) is 7.74. The molecule has 0 radical (unpaired) electrons. The van der Waals surface area contributed by atoms with Crippen molar-refractivity contribution in [2.45, 2.75) is 31.0 Å². The highest BCUT2D eigenvalue weighted by Crippen LogP contribution is 2.47. The third-order valence-corrected chi connectivity index (χ3v) is 3.20. The van der Waals surface area contributed by atoms with E-state index in [0.717, 1.165) is 12.5 Å². The van der Waals surface area contributed by atoms with Crippen molar-refractivity contribution in [1.82, 2.24) is 0 Å². The lowest BCUT2D eigenvalue weighted by Crippen LogP contribution is -2.44. The van der Waals surface area contributed by atoms with Gasteiger partial charge in [-0.05, 0) is 37.0 Å². The lowest BCUT2D eigenvalue weighted by Gasteiger charge is -2.40. The number of rotatable bonds is 1. The molecule has 1 aliphatic rings. The van der Waals surface area contributed by atoms with Crippen molar-refractivity contribution >= 4 is 0 Å². The van der Waals surface area contributed by atoms with Gasteiger partial charge in [0, 0.05) is 5.54 Å². The first-order valence-electron chi connectivity index (χ1n) is 5.16. The number of aromatic hydroxyl groups is 2. The Balaban J connectivity index is 2.60. The van der Waals surface area contributed by atoms with E-state index in [-0.39, 0.29) is 5.56 Å². The maximum Gasteiger partial charge on any atom is 0.416 e. The largest absolute Gasteiger partial charge is 0.504 e. The maximum atomic E-state index is 12.8. The number of phenolic OH excluding ortho intramolecular Hbond substituents is 2. The molecule has 1 saturated carbocycles. The number of halogens is 3. The molecular weight excluding hydrogens is 235 g/mol. The zero-order valence-electron chi connectivity index (χ0n) is 8.88. The number of phenols is 2. The molecule has 0 saturated heterocycles. The summed E-state index contributed by atoms with van der Waals surface area (Å²) in [5.74, 6) is -1.37. The fraction of sp³-hybridized carbons (Fsp3) is 0.455. The fourth-order valence-corrected chi connectivity index (χ4v) is 2.05. The second kappa shape index (κ2) is 3.53. The summed E-state index contributed by atoms with van der Waals surface area (Å²) in [6, 6.07) is 1.44. The highest BCUT2D eigenvalue weighted by atomic mass is 19.4. The zero-order valence-corrected chi connectivity index (χ0v) is 8.88. The Labute approximate surface area is 95.7 Å². The Morgan fingerprint density at radius 2 is 1.65 bits per heavy atom. The lowest BCUT2D eigenvalue weighted by molar-refractivity contribution is -0.139. The van der Waals surface area contributed by atoms with Crippen molar-refractivity contribution in [2.75, 3.05) is 0 Å². The topological polar surface area (TPSA) is 66.5 Å². The summed E-state index contributed by atoms with van der Waals surface area (Å²) < 4.78 is 38.4. The molecule has 0 spiro atoms. The average Bonchev–Trinajstić information content (AvgIpc) is 2.16. The van der Waals surface area contributed by atoms with Gasteiger partial charge in [-0.2, -0.15) is 13.2 Å². The molecule has 1 aromatic rings. The lowest BCUT2D eigenvalue weighted by atomic mass is 9.71. The van der Waals surface area contributed by atoms with Crippen LogP contribution in [0.1, 0.15) is 30.4 Å². The van der Waals surface area contributed by atoms with Crippen LogP contribution >= 0.6 is 0 Å². The molecule has 94 valence electrons. The Bertz CT molecular complexity index is 453. The minimum atomic E-state index is -4.59. The Morgan fingerprint density at radius 3 is 2.06 bits per heavy atom. The number of hydrogen-bond acceptors (Lipinski definition) is 3. The van der Waals surface area contributed by atoms with Crippen LogP contribution in [-0.4, -0.2) is 10.2 Å². The van der Waals surface area contributed by atoms with Gasteiger partial charge >= 0.3 is 6.18 Å². The van der Waals surface area contributed by atoms with Crippen molar-refractivity contribution in [3.05, 3.63) is 23.3 Å². The minimum absolute atomic E-state index is 0.147. The van der Waals surface area contributed by atoms with E-state index in [0.29, 0.717) is 18.9 Å². The highest BCUT2D eigenvalue weighted by Gasteiger charge is 2.43. The van der Waals surface area contributed by atoms with E-state index in [4.69, 9.17) is 10.8 Å². The van der Waals surface area contributed by atoms with Gasteiger partial charge in [-0.25, -0.2) is 0 Å². The monoisotopic (exact) mass is 247 g/mol. The van der Waals surface area contributed by atoms with Gasteiger partial charge in [-0.15, -0.1) is 0 Å². The molecule has 0 atom stereocenters. The molecule has 17 heavy (non-hydrogen) atoms. The summed E-state index contributed by atoms with van der Waals surface area (Å²) in [6.45, 7) is 0. The molecule has 0 aromatic heterocycles. The number of hydrogen-bond donors (Lipinski definition) is 3. The molecule has 2 rings (SSSR count). The van der Waals surface area contributed by atoms with Gasteiger partial charge in [0.15, 0.2) is 11.5 Å². The first-order valence-corrected chi connectivity index (χ1v) is 5.16. The number of alkyl halides is 3. The van der Waals surface area contributed by atoms with Gasteiger partial charge in [0.1, 0.15) is 0 Å².